The zero-order chi connectivity index (χ0) is 29.1. The fourth-order valence-electron chi connectivity index (χ4n) is 5.77. The highest BCUT2D eigenvalue weighted by Gasteiger charge is 2.38. The molecule has 10 heteroatoms. The first-order chi connectivity index (χ1) is 19.6. The minimum Gasteiger partial charge on any atom is -0.478 e. The van der Waals surface area contributed by atoms with Gasteiger partial charge in [0.05, 0.1) is 5.92 Å². The summed E-state index contributed by atoms with van der Waals surface area (Å²) in [4.78, 5) is 45.6. The first-order valence-corrected chi connectivity index (χ1v) is 15.3. The van der Waals surface area contributed by atoms with Crippen LogP contribution in [0.15, 0.2) is 53.0 Å². The molecule has 2 aromatic rings. The maximum Gasteiger partial charge on any atom is 0.407 e. The average Bonchev–Trinajstić information content (AvgIpc) is 3.82. The molecule has 2 heterocycles. The molecule has 1 aliphatic carbocycles. The van der Waals surface area contributed by atoms with Crippen molar-refractivity contribution >= 4 is 39.5 Å². The third-order valence-electron chi connectivity index (χ3n) is 8.22. The summed E-state index contributed by atoms with van der Waals surface area (Å²) in [5.41, 5.74) is 1.01. The van der Waals surface area contributed by atoms with Gasteiger partial charge in [0.2, 0.25) is 5.91 Å². The van der Waals surface area contributed by atoms with Crippen LogP contribution in [0.2, 0.25) is 0 Å². The lowest BCUT2D eigenvalue weighted by Crippen LogP contribution is -2.56. The molecular formula is C31H39BrN4O5. The predicted octanol–water partition coefficient (Wildman–Crippen LogP) is 4.84. The molecular weight excluding hydrogens is 588 g/mol. The molecule has 220 valence electrons. The van der Waals surface area contributed by atoms with Crippen LogP contribution in [0.4, 0.5) is 10.5 Å². The molecule has 3 fully saturated rings. The summed E-state index contributed by atoms with van der Waals surface area (Å²) in [7, 11) is 0. The maximum absolute atomic E-state index is 13.8. The van der Waals surface area contributed by atoms with Gasteiger partial charge in [0.15, 0.2) is 5.60 Å². The Hall–Kier alpha value is -3.27. The molecule has 0 aromatic heterocycles. The zero-order valence-corrected chi connectivity index (χ0v) is 25.4. The molecule has 0 radical (unpaired) electrons. The van der Waals surface area contributed by atoms with E-state index in [-0.39, 0.29) is 17.7 Å². The lowest BCUT2D eigenvalue weighted by molar-refractivity contribution is -0.147. The maximum atomic E-state index is 13.8. The quantitative estimate of drug-likeness (QED) is 0.451. The average molecular weight is 628 g/mol. The molecule has 3 aliphatic rings. The molecule has 9 nitrogen and oxygen atoms in total. The molecule has 0 bridgehead atoms. The summed E-state index contributed by atoms with van der Waals surface area (Å²) in [6, 6.07) is 16.3. The van der Waals surface area contributed by atoms with Gasteiger partial charge in [-0.05, 0) is 69.4 Å². The minimum atomic E-state index is -1.11. The number of nitrogens with zero attached hydrogens (tertiary/aromatic N) is 4. The van der Waals surface area contributed by atoms with E-state index in [1.807, 2.05) is 36.4 Å². The second-order valence-corrected chi connectivity index (χ2v) is 12.7. The summed E-state index contributed by atoms with van der Waals surface area (Å²) in [6.45, 7) is 6.94. The summed E-state index contributed by atoms with van der Waals surface area (Å²) in [5, 5.41) is 9.19. The molecule has 1 saturated carbocycles. The van der Waals surface area contributed by atoms with E-state index in [1.165, 1.54) is 4.90 Å². The van der Waals surface area contributed by atoms with Gasteiger partial charge in [-0.3, -0.25) is 9.59 Å². The predicted molar refractivity (Wildman–Crippen MR) is 160 cm³/mol. The van der Waals surface area contributed by atoms with Gasteiger partial charge >= 0.3 is 6.09 Å². The van der Waals surface area contributed by atoms with Crippen LogP contribution >= 0.6 is 15.9 Å². The lowest BCUT2D eigenvalue weighted by atomic mass is 9.95. The largest absolute Gasteiger partial charge is 0.478 e. The molecule has 2 aliphatic heterocycles. The molecule has 1 N–H and O–H groups in total. The number of carbonyl (C=O) groups is 3. The topological polar surface area (TPSA) is 93.6 Å². The van der Waals surface area contributed by atoms with Crippen LogP contribution in [-0.2, 0) is 16.1 Å². The molecule has 3 amide bonds. The minimum absolute atomic E-state index is 0.0631. The Morgan fingerprint density at radius 2 is 1.66 bits per heavy atom. The van der Waals surface area contributed by atoms with Gasteiger partial charge in [-0.2, -0.15) is 0 Å². The Bertz CT molecular complexity index is 1260. The van der Waals surface area contributed by atoms with Gasteiger partial charge in [-0.15, -0.1) is 0 Å². The van der Waals surface area contributed by atoms with E-state index < -0.39 is 11.7 Å². The van der Waals surface area contributed by atoms with Crippen LogP contribution in [0.25, 0.3) is 0 Å². The number of carbonyl (C=O) groups excluding carboxylic acids is 2. The highest BCUT2D eigenvalue weighted by Crippen LogP contribution is 2.33. The number of anilines is 1. The van der Waals surface area contributed by atoms with Crippen molar-refractivity contribution in [2.45, 2.75) is 57.7 Å². The number of carboxylic acid groups (broad SMARTS) is 1. The number of benzene rings is 2. The van der Waals surface area contributed by atoms with E-state index in [0.29, 0.717) is 51.1 Å². The Morgan fingerprint density at radius 3 is 2.32 bits per heavy atom. The summed E-state index contributed by atoms with van der Waals surface area (Å²) >= 11 is 3.49. The van der Waals surface area contributed by atoms with Crippen LogP contribution in [0.5, 0.6) is 5.75 Å². The number of rotatable bonds is 8. The van der Waals surface area contributed by atoms with Crippen LogP contribution in [0, 0.1) is 5.92 Å². The first-order valence-electron chi connectivity index (χ1n) is 14.5. The number of piperidine rings is 1. The van der Waals surface area contributed by atoms with Gasteiger partial charge in [-0.25, -0.2) is 4.79 Å². The van der Waals surface area contributed by atoms with Crippen molar-refractivity contribution in [2.75, 3.05) is 44.2 Å². The smallest absolute Gasteiger partial charge is 0.407 e. The van der Waals surface area contributed by atoms with E-state index in [2.05, 4.69) is 37.9 Å². The molecule has 2 saturated heterocycles. The van der Waals surface area contributed by atoms with E-state index in [0.717, 1.165) is 48.0 Å². The van der Waals surface area contributed by atoms with E-state index in [9.17, 15) is 19.5 Å². The SMILES string of the molecule is CC(C)(Oc1cccc(N2CCCC(C(=O)N(Cc3ccc(Br)cc3)C3CC3)C2)c1)C(=O)N1CCN(C(=O)O)CC1. The van der Waals surface area contributed by atoms with Crippen molar-refractivity contribution < 1.29 is 24.2 Å². The fraction of sp³-hybridized carbons (Fsp3) is 0.516. The van der Waals surface area contributed by atoms with Gasteiger partial charge in [0, 0.05) is 68.1 Å². The number of hydrogen-bond donors (Lipinski definition) is 1. The standard InChI is InChI=1S/C31H39BrN4O5/c1-31(2,29(38)33-15-17-34(18-16-33)30(39)40)41-27-7-3-6-26(19-27)35-14-4-5-23(21-35)28(37)36(25-12-13-25)20-22-8-10-24(32)11-9-22/h3,6-11,19,23,25H,4-5,12-18,20-21H2,1-2H3,(H,39,40). The highest BCUT2D eigenvalue weighted by molar-refractivity contribution is 9.10. The number of halogens is 1. The number of ether oxygens (including phenoxy) is 1. The van der Waals surface area contributed by atoms with Gasteiger partial charge in [0.25, 0.3) is 5.91 Å². The number of amides is 3. The third kappa shape index (κ3) is 7.15. The van der Waals surface area contributed by atoms with Gasteiger partial charge in [0.1, 0.15) is 5.75 Å². The van der Waals surface area contributed by atoms with Crippen molar-refractivity contribution in [3.63, 3.8) is 0 Å². The summed E-state index contributed by atoms with van der Waals surface area (Å²) in [5.74, 6) is 0.602. The van der Waals surface area contributed by atoms with E-state index in [4.69, 9.17) is 4.74 Å². The van der Waals surface area contributed by atoms with Crippen LogP contribution in [0.1, 0.15) is 45.1 Å². The molecule has 41 heavy (non-hydrogen) atoms. The summed E-state index contributed by atoms with van der Waals surface area (Å²) in [6.07, 6.45) is 3.00. The van der Waals surface area contributed by atoms with Gasteiger partial charge in [-0.1, -0.05) is 34.1 Å². The molecule has 2 aromatic carbocycles. The van der Waals surface area contributed by atoms with Crippen molar-refractivity contribution in [3.05, 3.63) is 58.6 Å². The van der Waals surface area contributed by atoms with Crippen molar-refractivity contribution in [1.29, 1.82) is 0 Å². The number of piperazine rings is 1. The van der Waals surface area contributed by atoms with E-state index >= 15 is 0 Å². The third-order valence-corrected chi connectivity index (χ3v) is 8.74. The monoisotopic (exact) mass is 626 g/mol. The molecule has 1 unspecified atom stereocenters. The second-order valence-electron chi connectivity index (χ2n) is 11.8. The first kappa shape index (κ1) is 29.2. The van der Waals surface area contributed by atoms with E-state index in [1.54, 1.807) is 18.7 Å². The zero-order valence-electron chi connectivity index (χ0n) is 23.8. The second kappa shape index (κ2) is 12.3. The van der Waals surface area contributed by atoms with Crippen LogP contribution < -0.4 is 9.64 Å². The summed E-state index contributed by atoms with van der Waals surface area (Å²) < 4.78 is 7.26. The van der Waals surface area contributed by atoms with Crippen molar-refractivity contribution in [1.82, 2.24) is 14.7 Å². The number of hydrogen-bond acceptors (Lipinski definition) is 5. The van der Waals surface area contributed by atoms with Crippen molar-refractivity contribution in [2.24, 2.45) is 5.92 Å². The molecule has 1 atom stereocenters. The van der Waals surface area contributed by atoms with Crippen LogP contribution in [-0.4, -0.2) is 88.6 Å². The van der Waals surface area contributed by atoms with Gasteiger partial charge < -0.3 is 29.4 Å². The Balaban J connectivity index is 1.22. The Morgan fingerprint density at radius 1 is 0.976 bits per heavy atom. The Labute approximate surface area is 250 Å². The lowest BCUT2D eigenvalue weighted by Gasteiger charge is -2.38. The molecule has 5 rings (SSSR count). The van der Waals surface area contributed by atoms with Crippen molar-refractivity contribution in [3.8, 4) is 5.75 Å². The fourth-order valence-corrected chi connectivity index (χ4v) is 6.04. The Kier molecular flexibility index (Phi) is 8.77. The molecule has 0 spiro atoms. The van der Waals surface area contributed by atoms with Crippen LogP contribution in [0.3, 0.4) is 0 Å². The highest BCUT2D eigenvalue weighted by atomic mass is 79.9. The normalized spacial score (nSPS) is 19.6.